The molecule has 1 amide bonds. The summed E-state index contributed by atoms with van der Waals surface area (Å²) in [6.45, 7) is 1.98. The number of hydrogen-bond acceptors (Lipinski definition) is 4. The van der Waals surface area contributed by atoms with Crippen molar-refractivity contribution in [3.05, 3.63) is 78.1 Å². The number of carbonyl (C=O) groups is 1. The molecule has 5 nitrogen and oxygen atoms in total. The van der Waals surface area contributed by atoms with Crippen molar-refractivity contribution in [2.24, 2.45) is 0 Å². The van der Waals surface area contributed by atoms with Gasteiger partial charge in [-0.1, -0.05) is 29.5 Å². The zero-order valence-electron chi connectivity index (χ0n) is 15.1. The molecule has 0 saturated carbocycles. The lowest BCUT2D eigenvalue weighted by molar-refractivity contribution is 0.102. The zero-order chi connectivity index (χ0) is 19.1. The molecule has 5 rings (SSSR count). The van der Waals surface area contributed by atoms with Crippen LogP contribution >= 0.6 is 11.3 Å². The van der Waals surface area contributed by atoms with Crippen LogP contribution in [0.5, 0.6) is 0 Å². The van der Waals surface area contributed by atoms with Gasteiger partial charge in [0.1, 0.15) is 21.0 Å². The summed E-state index contributed by atoms with van der Waals surface area (Å²) in [7, 11) is 0. The molecule has 0 atom stereocenters. The number of aromatic amines is 1. The summed E-state index contributed by atoms with van der Waals surface area (Å²) in [6.07, 6.45) is 1.78. The van der Waals surface area contributed by atoms with Crippen LogP contribution in [0.25, 0.3) is 31.8 Å². The summed E-state index contributed by atoms with van der Waals surface area (Å²) in [5.74, 6) is -0.156. The normalized spacial score (nSPS) is 11.2. The maximum Gasteiger partial charge on any atom is 0.272 e. The number of thiazole rings is 1. The number of para-hydroxylation sites is 1. The van der Waals surface area contributed by atoms with E-state index in [1.54, 1.807) is 17.5 Å². The molecule has 6 heteroatoms. The molecule has 0 radical (unpaired) electrons. The number of rotatable bonds is 3. The molecule has 0 bridgehead atoms. The number of H-pyrrole nitrogens is 1. The molecule has 5 aromatic rings. The van der Waals surface area contributed by atoms with E-state index >= 15 is 0 Å². The highest BCUT2D eigenvalue weighted by atomic mass is 32.1. The quantitative estimate of drug-likeness (QED) is 0.437. The van der Waals surface area contributed by atoms with E-state index in [0.29, 0.717) is 5.69 Å². The molecule has 0 spiro atoms. The van der Waals surface area contributed by atoms with Gasteiger partial charge < -0.3 is 10.3 Å². The van der Waals surface area contributed by atoms with Crippen LogP contribution in [0.1, 0.15) is 16.1 Å². The van der Waals surface area contributed by atoms with Crippen molar-refractivity contribution in [3.63, 3.8) is 0 Å². The Morgan fingerprint density at radius 2 is 1.96 bits per heavy atom. The summed E-state index contributed by atoms with van der Waals surface area (Å²) < 4.78 is 0. The van der Waals surface area contributed by atoms with E-state index in [1.165, 1.54) is 0 Å². The molecule has 0 aliphatic heterocycles. The minimum absolute atomic E-state index is 0.156. The first-order valence-corrected chi connectivity index (χ1v) is 9.71. The van der Waals surface area contributed by atoms with E-state index in [-0.39, 0.29) is 5.91 Å². The number of aromatic nitrogens is 3. The van der Waals surface area contributed by atoms with Gasteiger partial charge in [0, 0.05) is 28.4 Å². The second kappa shape index (κ2) is 6.58. The Balaban J connectivity index is 1.42. The van der Waals surface area contributed by atoms with Crippen LogP contribution in [0, 0.1) is 6.92 Å². The van der Waals surface area contributed by atoms with Gasteiger partial charge in [-0.15, -0.1) is 0 Å². The Morgan fingerprint density at radius 3 is 2.79 bits per heavy atom. The van der Waals surface area contributed by atoms with E-state index in [0.717, 1.165) is 43.1 Å². The fraction of sp³-hybridized carbons (Fsp3) is 0.0455. The van der Waals surface area contributed by atoms with Gasteiger partial charge in [0.2, 0.25) is 0 Å². The first-order chi connectivity index (χ1) is 13.7. The molecule has 136 valence electrons. The predicted molar refractivity (Wildman–Crippen MR) is 114 cm³/mol. The van der Waals surface area contributed by atoms with Crippen LogP contribution in [0.4, 0.5) is 5.69 Å². The Morgan fingerprint density at radius 1 is 1.07 bits per heavy atom. The highest BCUT2D eigenvalue weighted by Gasteiger charge is 2.13. The van der Waals surface area contributed by atoms with E-state index < -0.39 is 0 Å². The Bertz CT molecular complexity index is 1270. The molecule has 0 aliphatic carbocycles. The van der Waals surface area contributed by atoms with Crippen LogP contribution in [-0.2, 0) is 0 Å². The van der Waals surface area contributed by atoms with Gasteiger partial charge in [0.15, 0.2) is 0 Å². The van der Waals surface area contributed by atoms with E-state index in [1.807, 2.05) is 67.6 Å². The van der Waals surface area contributed by atoms with Crippen LogP contribution in [-0.4, -0.2) is 20.9 Å². The molecular formula is C22H16N4OS. The van der Waals surface area contributed by atoms with Crippen LogP contribution in [0.15, 0.2) is 66.9 Å². The smallest absolute Gasteiger partial charge is 0.272 e. The topological polar surface area (TPSA) is 70.7 Å². The number of nitrogens with zero attached hydrogens (tertiary/aromatic N) is 2. The lowest BCUT2D eigenvalue weighted by Gasteiger charge is -2.09. The number of hydrogen-bond donors (Lipinski definition) is 2. The van der Waals surface area contributed by atoms with Gasteiger partial charge in [0.05, 0.1) is 0 Å². The van der Waals surface area contributed by atoms with Gasteiger partial charge in [-0.2, -0.15) is 0 Å². The number of carbonyl (C=O) groups excluding carboxylic acids is 1. The number of nitrogens with one attached hydrogen (secondary N) is 2. The third-order valence-corrected chi connectivity index (χ3v) is 5.69. The summed E-state index contributed by atoms with van der Waals surface area (Å²) >= 11 is 1.56. The summed E-state index contributed by atoms with van der Waals surface area (Å²) in [5.41, 5.74) is 5.17. The lowest BCUT2D eigenvalue weighted by atomic mass is 10.1. The first-order valence-electron chi connectivity index (χ1n) is 8.89. The van der Waals surface area contributed by atoms with Crippen LogP contribution < -0.4 is 5.32 Å². The molecule has 0 aliphatic rings. The minimum Gasteiger partial charge on any atom is -0.351 e. The Labute approximate surface area is 165 Å². The largest absolute Gasteiger partial charge is 0.351 e. The molecule has 2 N–H and O–H groups in total. The van der Waals surface area contributed by atoms with Gasteiger partial charge >= 0.3 is 0 Å². The van der Waals surface area contributed by atoms with Gasteiger partial charge in [-0.25, -0.2) is 9.97 Å². The monoisotopic (exact) mass is 384 g/mol. The molecule has 3 heterocycles. The SMILES string of the molecule is Cc1cc(-c2nc3cccnc3s2)ccc1NC(=O)c1cc2ccccc2[nH]1. The predicted octanol–water partition coefficient (Wildman–Crippen LogP) is 5.40. The molecule has 0 unspecified atom stereocenters. The molecule has 28 heavy (non-hydrogen) atoms. The van der Waals surface area contributed by atoms with Crippen molar-refractivity contribution >= 4 is 44.2 Å². The van der Waals surface area contributed by atoms with Crippen molar-refractivity contribution in [2.75, 3.05) is 5.32 Å². The maximum atomic E-state index is 12.6. The van der Waals surface area contributed by atoms with E-state index in [9.17, 15) is 4.79 Å². The average molecular weight is 384 g/mol. The third kappa shape index (κ3) is 2.93. The van der Waals surface area contributed by atoms with Crippen molar-refractivity contribution in [2.45, 2.75) is 6.92 Å². The summed E-state index contributed by atoms with van der Waals surface area (Å²) in [4.78, 5) is 25.7. The highest BCUT2D eigenvalue weighted by molar-refractivity contribution is 7.21. The summed E-state index contributed by atoms with van der Waals surface area (Å²) in [6, 6.07) is 19.5. The number of pyridine rings is 1. The zero-order valence-corrected chi connectivity index (χ0v) is 15.9. The van der Waals surface area contributed by atoms with Crippen LogP contribution in [0.3, 0.4) is 0 Å². The van der Waals surface area contributed by atoms with Crippen molar-refractivity contribution in [1.29, 1.82) is 0 Å². The highest BCUT2D eigenvalue weighted by Crippen LogP contribution is 2.31. The molecule has 3 aromatic heterocycles. The maximum absolute atomic E-state index is 12.6. The number of aryl methyl sites for hydroxylation is 1. The Hall–Kier alpha value is -3.51. The molecular weight excluding hydrogens is 368 g/mol. The van der Waals surface area contributed by atoms with E-state index in [4.69, 9.17) is 0 Å². The minimum atomic E-state index is -0.156. The number of anilines is 1. The lowest BCUT2D eigenvalue weighted by Crippen LogP contribution is -2.13. The Kier molecular flexibility index (Phi) is 3.91. The second-order valence-electron chi connectivity index (χ2n) is 6.60. The van der Waals surface area contributed by atoms with Crippen molar-refractivity contribution in [1.82, 2.24) is 15.0 Å². The number of benzene rings is 2. The summed E-state index contributed by atoms with van der Waals surface area (Å²) in [5, 5.41) is 4.93. The van der Waals surface area contributed by atoms with Gasteiger partial charge in [0.25, 0.3) is 5.91 Å². The molecule has 0 saturated heterocycles. The fourth-order valence-electron chi connectivity index (χ4n) is 3.22. The van der Waals surface area contributed by atoms with E-state index in [2.05, 4.69) is 20.3 Å². The van der Waals surface area contributed by atoms with Crippen LogP contribution in [0.2, 0.25) is 0 Å². The molecule has 0 fully saturated rings. The average Bonchev–Trinajstić information content (AvgIpc) is 3.33. The number of fused-ring (bicyclic) bond motifs is 2. The van der Waals surface area contributed by atoms with Gasteiger partial charge in [-0.3, -0.25) is 4.79 Å². The first kappa shape index (κ1) is 16.6. The van der Waals surface area contributed by atoms with Gasteiger partial charge in [-0.05, 0) is 55.0 Å². The second-order valence-corrected chi connectivity index (χ2v) is 7.58. The standard InChI is InChI=1S/C22H16N4OS/c1-13-11-15(21-26-18-7-4-10-23-22(18)28-21)8-9-16(13)25-20(27)19-12-14-5-2-3-6-17(14)24-19/h2-12,24H,1H3,(H,25,27). The third-order valence-electron chi connectivity index (χ3n) is 4.66. The van der Waals surface area contributed by atoms with Crippen molar-refractivity contribution < 1.29 is 4.79 Å². The van der Waals surface area contributed by atoms with Crippen molar-refractivity contribution in [3.8, 4) is 10.6 Å². The number of amides is 1. The molecule has 2 aromatic carbocycles. The fourth-order valence-corrected chi connectivity index (χ4v) is 4.12.